The lowest BCUT2D eigenvalue weighted by atomic mass is 9.99. The number of urea groups is 1. The summed E-state index contributed by atoms with van der Waals surface area (Å²) in [5, 5.41) is 23.8. The Hall–Kier alpha value is -3.87. The van der Waals surface area contributed by atoms with Crippen LogP contribution in [0.4, 0.5) is 4.79 Å². The van der Waals surface area contributed by atoms with Crippen molar-refractivity contribution in [2.24, 2.45) is 5.92 Å². The van der Waals surface area contributed by atoms with Crippen LogP contribution in [0.15, 0.2) is 72.8 Å². The van der Waals surface area contributed by atoms with Gasteiger partial charge in [0.2, 0.25) is 0 Å². The maximum absolute atomic E-state index is 12.7. The fourth-order valence-corrected chi connectivity index (χ4v) is 3.75. The largest absolute Gasteiger partial charge is 0.481 e. The molecule has 2 amide bonds. The summed E-state index contributed by atoms with van der Waals surface area (Å²) < 4.78 is 0. The van der Waals surface area contributed by atoms with Crippen molar-refractivity contribution in [2.45, 2.75) is 25.3 Å². The summed E-state index contributed by atoms with van der Waals surface area (Å²) in [7, 11) is 1.47. The van der Waals surface area contributed by atoms with E-state index in [0.29, 0.717) is 12.8 Å². The number of nitrogens with one attached hydrogen (secondary N) is 1. The molecule has 0 radical (unpaired) electrons. The molecule has 3 rings (SSSR count). The van der Waals surface area contributed by atoms with Crippen molar-refractivity contribution in [1.82, 2.24) is 10.2 Å². The molecule has 33 heavy (non-hydrogen) atoms. The van der Waals surface area contributed by atoms with Gasteiger partial charge in [0.05, 0.1) is 5.92 Å². The fourth-order valence-electron chi connectivity index (χ4n) is 3.75. The highest BCUT2D eigenvalue weighted by Crippen LogP contribution is 2.17. The Morgan fingerprint density at radius 1 is 0.848 bits per heavy atom. The molecular weight excluding hydrogens is 420 g/mol. The van der Waals surface area contributed by atoms with Crippen molar-refractivity contribution in [3.8, 4) is 0 Å². The lowest BCUT2D eigenvalue weighted by Crippen LogP contribution is -2.49. The van der Waals surface area contributed by atoms with Gasteiger partial charge in [-0.3, -0.25) is 4.79 Å². The number of rotatable bonds is 10. The van der Waals surface area contributed by atoms with E-state index in [1.54, 1.807) is 0 Å². The number of benzene rings is 3. The van der Waals surface area contributed by atoms with E-state index in [4.69, 9.17) is 0 Å². The van der Waals surface area contributed by atoms with Crippen molar-refractivity contribution in [1.29, 1.82) is 0 Å². The van der Waals surface area contributed by atoms with E-state index in [0.717, 1.165) is 21.9 Å². The van der Waals surface area contributed by atoms with Crippen LogP contribution < -0.4 is 5.32 Å². The predicted molar refractivity (Wildman–Crippen MR) is 126 cm³/mol. The smallest absolute Gasteiger partial charge is 0.326 e. The molecule has 0 spiro atoms. The summed E-state index contributed by atoms with van der Waals surface area (Å²) in [5.74, 6) is -2.90. The Bertz CT molecular complexity index is 1120. The molecule has 0 fully saturated rings. The lowest BCUT2D eigenvalue weighted by molar-refractivity contribution is -0.142. The van der Waals surface area contributed by atoms with Crippen LogP contribution in [0.1, 0.15) is 17.5 Å². The Morgan fingerprint density at radius 3 is 2.18 bits per heavy atom. The number of aryl methyl sites for hydroxylation is 1. The number of amides is 2. The molecular formula is C26H28N2O5. The molecule has 0 bridgehead atoms. The van der Waals surface area contributed by atoms with Crippen molar-refractivity contribution in [3.05, 3.63) is 83.9 Å². The van der Waals surface area contributed by atoms with Crippen molar-refractivity contribution >= 4 is 28.7 Å². The number of carboxylic acid groups (broad SMARTS) is 2. The fraction of sp³-hybridized carbons (Fsp3) is 0.269. The van der Waals surface area contributed by atoms with Crippen LogP contribution in [0.3, 0.4) is 0 Å². The molecule has 3 aromatic carbocycles. The second-order valence-electron chi connectivity index (χ2n) is 8.17. The first-order valence-corrected chi connectivity index (χ1v) is 10.8. The van der Waals surface area contributed by atoms with Crippen LogP contribution in [0.2, 0.25) is 0 Å². The minimum atomic E-state index is -1.15. The summed E-state index contributed by atoms with van der Waals surface area (Å²) in [6.45, 7) is -0.0175. The molecule has 0 heterocycles. The number of hydrogen-bond acceptors (Lipinski definition) is 3. The van der Waals surface area contributed by atoms with Crippen LogP contribution >= 0.6 is 0 Å². The lowest BCUT2D eigenvalue weighted by Gasteiger charge is -2.24. The van der Waals surface area contributed by atoms with Crippen LogP contribution in [0.25, 0.3) is 10.8 Å². The summed E-state index contributed by atoms with van der Waals surface area (Å²) in [6, 6.07) is 21.2. The molecule has 0 saturated heterocycles. The average Bonchev–Trinajstić information content (AvgIpc) is 2.81. The van der Waals surface area contributed by atoms with Gasteiger partial charge in [0, 0.05) is 20.0 Å². The zero-order chi connectivity index (χ0) is 23.8. The zero-order valence-corrected chi connectivity index (χ0v) is 18.5. The van der Waals surface area contributed by atoms with E-state index < -0.39 is 29.9 Å². The minimum Gasteiger partial charge on any atom is -0.481 e. The molecule has 0 aromatic heterocycles. The third-order valence-corrected chi connectivity index (χ3v) is 5.66. The van der Waals surface area contributed by atoms with Gasteiger partial charge in [-0.15, -0.1) is 0 Å². The molecule has 3 aromatic rings. The minimum absolute atomic E-state index is 0.0175. The average molecular weight is 449 g/mol. The number of nitrogens with zero attached hydrogens (tertiary/aromatic N) is 1. The van der Waals surface area contributed by atoms with Gasteiger partial charge in [-0.2, -0.15) is 0 Å². The molecule has 0 aliphatic carbocycles. The molecule has 172 valence electrons. The monoisotopic (exact) mass is 448 g/mol. The molecule has 0 aliphatic rings. The molecule has 0 saturated carbocycles. The first-order valence-electron chi connectivity index (χ1n) is 10.8. The van der Waals surface area contributed by atoms with E-state index in [2.05, 4.69) is 5.32 Å². The highest BCUT2D eigenvalue weighted by Gasteiger charge is 2.26. The van der Waals surface area contributed by atoms with Gasteiger partial charge in [0.1, 0.15) is 6.04 Å². The maximum Gasteiger partial charge on any atom is 0.326 e. The Balaban J connectivity index is 1.60. The first kappa shape index (κ1) is 23.8. The Kier molecular flexibility index (Phi) is 8.02. The van der Waals surface area contributed by atoms with Crippen LogP contribution in [0, 0.1) is 5.92 Å². The highest BCUT2D eigenvalue weighted by molar-refractivity contribution is 5.85. The van der Waals surface area contributed by atoms with Gasteiger partial charge in [-0.1, -0.05) is 72.8 Å². The Morgan fingerprint density at radius 2 is 1.52 bits per heavy atom. The normalized spacial score (nSPS) is 12.6. The van der Waals surface area contributed by atoms with Crippen LogP contribution in [0.5, 0.6) is 0 Å². The number of carboxylic acids is 2. The first-order chi connectivity index (χ1) is 15.8. The van der Waals surface area contributed by atoms with Gasteiger partial charge in [0.15, 0.2) is 0 Å². The number of fused-ring (bicyclic) bond motifs is 1. The molecule has 0 aliphatic heterocycles. The SMILES string of the molecule is CN(CC(CCc1ccccc1)C(=O)O)C(=O)N[C@@H](Cc1ccc2ccccc2c1)C(=O)O. The molecule has 7 nitrogen and oxygen atoms in total. The highest BCUT2D eigenvalue weighted by atomic mass is 16.4. The van der Waals surface area contributed by atoms with E-state index in [1.807, 2.05) is 72.8 Å². The predicted octanol–water partition coefficient (Wildman–Crippen LogP) is 3.81. The molecule has 3 N–H and O–H groups in total. The second-order valence-corrected chi connectivity index (χ2v) is 8.17. The third kappa shape index (κ3) is 6.80. The van der Waals surface area contributed by atoms with E-state index in [-0.39, 0.29) is 13.0 Å². The zero-order valence-electron chi connectivity index (χ0n) is 18.5. The van der Waals surface area contributed by atoms with Crippen molar-refractivity contribution < 1.29 is 24.6 Å². The second kappa shape index (κ2) is 11.1. The topological polar surface area (TPSA) is 107 Å². The van der Waals surface area contributed by atoms with Crippen LogP contribution in [-0.4, -0.2) is 52.7 Å². The van der Waals surface area contributed by atoms with Crippen molar-refractivity contribution in [3.63, 3.8) is 0 Å². The number of hydrogen-bond donors (Lipinski definition) is 3. The summed E-state index contributed by atoms with van der Waals surface area (Å²) in [5.41, 5.74) is 1.81. The summed E-state index contributed by atoms with van der Waals surface area (Å²) in [4.78, 5) is 37.4. The third-order valence-electron chi connectivity index (χ3n) is 5.66. The molecule has 1 unspecified atom stereocenters. The maximum atomic E-state index is 12.7. The van der Waals surface area contributed by atoms with Gasteiger partial charge in [0.25, 0.3) is 0 Å². The molecule has 7 heteroatoms. The quantitative estimate of drug-likeness (QED) is 0.437. The summed E-state index contributed by atoms with van der Waals surface area (Å²) in [6.07, 6.45) is 1.07. The standard InChI is InChI=1S/C26H28N2O5/c1-28(17-22(24(29)30)14-11-18-7-3-2-4-8-18)26(33)27-23(25(31)32)16-19-12-13-20-9-5-6-10-21(20)15-19/h2-10,12-13,15,22-23H,11,14,16-17H2,1H3,(H,27,33)(H,29,30)(H,31,32)/t22?,23-/m0/s1. The molecule has 2 atom stereocenters. The summed E-state index contributed by atoms with van der Waals surface area (Å²) >= 11 is 0. The number of aliphatic carboxylic acids is 2. The van der Waals surface area contributed by atoms with Gasteiger partial charge >= 0.3 is 18.0 Å². The van der Waals surface area contributed by atoms with Crippen LogP contribution in [-0.2, 0) is 22.4 Å². The van der Waals surface area contributed by atoms with E-state index in [9.17, 15) is 24.6 Å². The number of carbonyl (C=O) groups is 3. The van der Waals surface area contributed by atoms with E-state index >= 15 is 0 Å². The Labute approximate surface area is 192 Å². The van der Waals surface area contributed by atoms with Gasteiger partial charge in [-0.05, 0) is 34.7 Å². The number of carbonyl (C=O) groups excluding carboxylic acids is 1. The van der Waals surface area contributed by atoms with Gasteiger partial charge < -0.3 is 20.4 Å². The van der Waals surface area contributed by atoms with E-state index in [1.165, 1.54) is 11.9 Å². The van der Waals surface area contributed by atoms with Gasteiger partial charge in [-0.25, -0.2) is 9.59 Å². The van der Waals surface area contributed by atoms with Crippen molar-refractivity contribution in [2.75, 3.05) is 13.6 Å².